The molecule has 0 radical (unpaired) electrons. The van der Waals surface area contributed by atoms with E-state index in [-0.39, 0.29) is 27.8 Å². The molecule has 1 aliphatic heterocycles. The molecule has 1 aliphatic rings. The van der Waals surface area contributed by atoms with Crippen molar-refractivity contribution in [3.05, 3.63) is 52.6 Å². The fourth-order valence-electron chi connectivity index (χ4n) is 2.82. The highest BCUT2D eigenvalue weighted by atomic mass is 32.2. The Morgan fingerprint density at radius 1 is 1.21 bits per heavy atom. The minimum absolute atomic E-state index is 0.0521. The van der Waals surface area contributed by atoms with E-state index in [0.717, 1.165) is 6.07 Å². The lowest BCUT2D eigenvalue weighted by atomic mass is 10.2. The number of nitro benzene ring substituents is 1. The fourth-order valence-corrected chi connectivity index (χ4v) is 5.48. The third-order valence-electron chi connectivity index (χ3n) is 4.16. The summed E-state index contributed by atoms with van der Waals surface area (Å²) in [5.41, 5.74) is 0.0893. The summed E-state index contributed by atoms with van der Waals surface area (Å²) in [6.45, 7) is 0.338. The largest absolute Gasteiger partial charge is 0.494 e. The number of sulfonamides is 2. The van der Waals surface area contributed by atoms with Gasteiger partial charge in [-0.2, -0.15) is 0 Å². The van der Waals surface area contributed by atoms with Gasteiger partial charge in [0.05, 0.1) is 34.1 Å². The Kier molecular flexibility index (Phi) is 5.17. The Balaban J connectivity index is 1.94. The van der Waals surface area contributed by atoms with Crippen molar-refractivity contribution in [1.82, 2.24) is 0 Å². The van der Waals surface area contributed by atoms with E-state index in [1.807, 2.05) is 0 Å². The molecule has 150 valence electrons. The van der Waals surface area contributed by atoms with Crippen molar-refractivity contribution in [3.8, 4) is 5.75 Å². The van der Waals surface area contributed by atoms with E-state index in [1.54, 1.807) is 0 Å². The van der Waals surface area contributed by atoms with Gasteiger partial charge in [-0.3, -0.25) is 19.1 Å². The van der Waals surface area contributed by atoms with Crippen LogP contribution in [0.5, 0.6) is 5.75 Å². The summed E-state index contributed by atoms with van der Waals surface area (Å²) in [6.07, 6.45) is 0.506. The Bertz CT molecular complexity index is 1130. The van der Waals surface area contributed by atoms with Crippen molar-refractivity contribution in [2.75, 3.05) is 28.4 Å². The van der Waals surface area contributed by atoms with Crippen LogP contribution in [-0.4, -0.2) is 41.2 Å². The number of anilines is 2. The number of nitro groups is 1. The van der Waals surface area contributed by atoms with E-state index < -0.39 is 25.0 Å². The maximum Gasteiger partial charge on any atom is 0.270 e. The highest BCUT2D eigenvalue weighted by Gasteiger charge is 2.29. The Labute approximate surface area is 162 Å². The first-order valence-electron chi connectivity index (χ1n) is 8.10. The average molecular weight is 427 g/mol. The summed E-state index contributed by atoms with van der Waals surface area (Å²) < 4.78 is 58.1. The molecule has 0 aliphatic carbocycles. The Morgan fingerprint density at radius 3 is 2.57 bits per heavy atom. The third kappa shape index (κ3) is 3.87. The number of methoxy groups -OCH3 is 1. The van der Waals surface area contributed by atoms with Crippen molar-refractivity contribution in [1.29, 1.82) is 0 Å². The van der Waals surface area contributed by atoms with Gasteiger partial charge >= 0.3 is 0 Å². The lowest BCUT2D eigenvalue weighted by Gasteiger charge is -2.19. The van der Waals surface area contributed by atoms with E-state index in [2.05, 4.69) is 4.72 Å². The molecular formula is C16H17N3O7S2. The summed E-state index contributed by atoms with van der Waals surface area (Å²) in [6, 6.07) is 8.91. The molecular weight excluding hydrogens is 410 g/mol. The second kappa shape index (κ2) is 7.28. The highest BCUT2D eigenvalue weighted by Crippen LogP contribution is 2.34. The molecule has 10 nitrogen and oxygen atoms in total. The van der Waals surface area contributed by atoms with Crippen LogP contribution in [0.25, 0.3) is 0 Å². The first-order chi connectivity index (χ1) is 13.1. The smallest absolute Gasteiger partial charge is 0.270 e. The van der Waals surface area contributed by atoms with E-state index in [9.17, 15) is 26.9 Å². The van der Waals surface area contributed by atoms with Gasteiger partial charge in [-0.05, 0) is 24.6 Å². The van der Waals surface area contributed by atoms with Crippen LogP contribution in [0.2, 0.25) is 0 Å². The van der Waals surface area contributed by atoms with E-state index >= 15 is 0 Å². The van der Waals surface area contributed by atoms with Crippen LogP contribution in [0.1, 0.15) is 6.42 Å². The number of rotatable bonds is 6. The second-order valence-electron chi connectivity index (χ2n) is 5.99. The van der Waals surface area contributed by atoms with Gasteiger partial charge in [0.1, 0.15) is 5.75 Å². The summed E-state index contributed by atoms with van der Waals surface area (Å²) >= 11 is 0. The van der Waals surface area contributed by atoms with Gasteiger partial charge in [-0.1, -0.05) is 6.07 Å². The van der Waals surface area contributed by atoms with Gasteiger partial charge in [-0.25, -0.2) is 16.8 Å². The molecule has 1 saturated heterocycles. The quantitative estimate of drug-likeness (QED) is 0.549. The van der Waals surface area contributed by atoms with Crippen LogP contribution in [-0.2, 0) is 20.0 Å². The van der Waals surface area contributed by atoms with Crippen molar-refractivity contribution >= 4 is 37.1 Å². The number of hydrogen-bond donors (Lipinski definition) is 1. The minimum Gasteiger partial charge on any atom is -0.494 e. The molecule has 2 aromatic rings. The molecule has 0 bridgehead atoms. The van der Waals surface area contributed by atoms with Crippen molar-refractivity contribution < 1.29 is 26.5 Å². The molecule has 0 spiro atoms. The number of nitrogens with zero attached hydrogens (tertiary/aromatic N) is 2. The van der Waals surface area contributed by atoms with Crippen LogP contribution < -0.4 is 13.8 Å². The van der Waals surface area contributed by atoms with Gasteiger partial charge < -0.3 is 4.74 Å². The number of benzene rings is 2. The second-order valence-corrected chi connectivity index (χ2v) is 9.68. The maximum atomic E-state index is 12.6. The predicted octanol–water partition coefficient (Wildman–Crippen LogP) is 1.94. The zero-order valence-electron chi connectivity index (χ0n) is 14.7. The molecule has 0 atom stereocenters. The van der Waals surface area contributed by atoms with Crippen molar-refractivity contribution in [2.45, 2.75) is 11.3 Å². The van der Waals surface area contributed by atoms with E-state index in [0.29, 0.717) is 18.7 Å². The molecule has 0 amide bonds. The van der Waals surface area contributed by atoms with Crippen molar-refractivity contribution in [3.63, 3.8) is 0 Å². The molecule has 1 fully saturated rings. The summed E-state index contributed by atoms with van der Waals surface area (Å²) in [4.78, 5) is 9.90. The number of hydrogen-bond acceptors (Lipinski definition) is 7. The zero-order valence-corrected chi connectivity index (χ0v) is 16.4. The molecule has 0 unspecified atom stereocenters. The molecule has 3 rings (SSSR count). The summed E-state index contributed by atoms with van der Waals surface area (Å²) in [7, 11) is -6.19. The zero-order chi connectivity index (χ0) is 20.5. The molecule has 0 aromatic heterocycles. The molecule has 0 saturated carbocycles. The summed E-state index contributed by atoms with van der Waals surface area (Å²) in [5.74, 6) is 0.171. The lowest BCUT2D eigenvalue weighted by molar-refractivity contribution is -0.385. The van der Waals surface area contributed by atoms with E-state index in [4.69, 9.17) is 4.74 Å². The number of nitrogens with one attached hydrogen (secondary N) is 1. The first-order valence-corrected chi connectivity index (χ1v) is 11.2. The predicted molar refractivity (Wildman–Crippen MR) is 103 cm³/mol. The number of non-ortho nitro benzene ring substituents is 1. The Morgan fingerprint density at radius 2 is 1.96 bits per heavy atom. The first kappa shape index (κ1) is 19.9. The topological polar surface area (TPSA) is 136 Å². The summed E-state index contributed by atoms with van der Waals surface area (Å²) in [5, 5.41) is 10.9. The van der Waals surface area contributed by atoms with Crippen LogP contribution in [0, 0.1) is 10.1 Å². The normalized spacial score (nSPS) is 16.0. The van der Waals surface area contributed by atoms with E-state index in [1.165, 1.54) is 47.8 Å². The fraction of sp³-hybridized carbons (Fsp3) is 0.250. The van der Waals surface area contributed by atoms with Gasteiger partial charge in [0, 0.05) is 24.7 Å². The monoisotopic (exact) mass is 427 g/mol. The molecule has 1 N–H and O–H groups in total. The number of ether oxygens (including phenoxy) is 1. The molecule has 12 heteroatoms. The maximum absolute atomic E-state index is 12.6. The highest BCUT2D eigenvalue weighted by molar-refractivity contribution is 7.93. The van der Waals surface area contributed by atoms with Crippen LogP contribution in [0.4, 0.5) is 17.1 Å². The average Bonchev–Trinajstić information content (AvgIpc) is 3.01. The molecule has 28 heavy (non-hydrogen) atoms. The van der Waals surface area contributed by atoms with Crippen LogP contribution in [0.3, 0.4) is 0 Å². The SMILES string of the molecule is COc1cc(N2CCCS2(=O)=O)ccc1NS(=O)(=O)c1cccc([N+](=O)[O-])c1. The lowest BCUT2D eigenvalue weighted by Crippen LogP contribution is -2.25. The minimum atomic E-state index is -4.12. The molecule has 1 heterocycles. The van der Waals surface area contributed by atoms with Gasteiger partial charge in [0.15, 0.2) is 0 Å². The van der Waals surface area contributed by atoms with Crippen LogP contribution >= 0.6 is 0 Å². The van der Waals surface area contributed by atoms with Gasteiger partial charge in [0.2, 0.25) is 10.0 Å². The van der Waals surface area contributed by atoms with Crippen LogP contribution in [0.15, 0.2) is 47.4 Å². The standard InChI is InChI=1S/C16H17N3O7S2/c1-26-16-11-12(18-8-3-9-27(18,22)23)6-7-15(16)17-28(24,25)14-5-2-4-13(10-14)19(20)21/h2,4-7,10-11,17H,3,8-9H2,1H3. The van der Waals surface area contributed by atoms with Gasteiger partial charge in [0.25, 0.3) is 15.7 Å². The van der Waals surface area contributed by atoms with Gasteiger partial charge in [-0.15, -0.1) is 0 Å². The van der Waals surface area contributed by atoms with Crippen molar-refractivity contribution in [2.24, 2.45) is 0 Å². The third-order valence-corrected chi connectivity index (χ3v) is 7.39. The molecule has 2 aromatic carbocycles. The Hall–Kier alpha value is -2.86.